The number of amides is 1. The third kappa shape index (κ3) is 4.03. The number of nitrogens with zero attached hydrogens (tertiary/aromatic N) is 3. The van der Waals surface area contributed by atoms with Crippen LogP contribution in [0.15, 0.2) is 53.3 Å². The highest BCUT2D eigenvalue weighted by Gasteiger charge is 2.26. The first-order valence-electron chi connectivity index (χ1n) is 10.8. The predicted molar refractivity (Wildman–Crippen MR) is 131 cm³/mol. The van der Waals surface area contributed by atoms with Crippen molar-refractivity contribution in [1.29, 1.82) is 0 Å². The lowest BCUT2D eigenvalue weighted by Crippen LogP contribution is -2.35. The van der Waals surface area contributed by atoms with E-state index in [0.717, 1.165) is 17.7 Å². The van der Waals surface area contributed by atoms with Crippen molar-refractivity contribution in [3.05, 3.63) is 102 Å². The van der Waals surface area contributed by atoms with E-state index in [4.69, 9.17) is 11.6 Å². The largest absolute Gasteiger partial charge is 0.333 e. The minimum absolute atomic E-state index is 0.0432. The van der Waals surface area contributed by atoms with Crippen LogP contribution < -0.4 is 5.56 Å². The van der Waals surface area contributed by atoms with Crippen molar-refractivity contribution in [3.63, 3.8) is 0 Å². The maximum absolute atomic E-state index is 13.3. The monoisotopic (exact) mass is 478 g/mol. The molecule has 0 radical (unpaired) electrons. The molecule has 1 aliphatic rings. The lowest BCUT2D eigenvalue weighted by Gasteiger charge is -2.28. The van der Waals surface area contributed by atoms with Crippen LogP contribution in [0.4, 0.5) is 0 Å². The second-order valence-electron chi connectivity index (χ2n) is 8.28. The van der Waals surface area contributed by atoms with Gasteiger partial charge >= 0.3 is 0 Å². The molecule has 8 heteroatoms. The van der Waals surface area contributed by atoms with Crippen molar-refractivity contribution in [3.8, 4) is 5.13 Å². The smallest absolute Gasteiger partial charge is 0.277 e. The summed E-state index contributed by atoms with van der Waals surface area (Å²) in [5.41, 5.74) is 5.22. The molecule has 0 atom stereocenters. The fourth-order valence-corrected chi connectivity index (χ4v) is 5.44. The van der Waals surface area contributed by atoms with E-state index in [1.165, 1.54) is 27.1 Å². The molecule has 0 saturated carbocycles. The third-order valence-electron chi connectivity index (χ3n) is 6.11. The first kappa shape index (κ1) is 21.7. The highest BCUT2D eigenvalue weighted by molar-refractivity contribution is 7.16. The summed E-state index contributed by atoms with van der Waals surface area (Å²) in [5.74, 6) is -0.0432. The Bertz CT molecular complexity index is 1420. The molecule has 1 amide bonds. The van der Waals surface area contributed by atoms with Gasteiger partial charge in [-0.25, -0.2) is 4.98 Å². The molecule has 0 aliphatic carbocycles. The van der Waals surface area contributed by atoms with E-state index < -0.39 is 0 Å². The lowest BCUT2D eigenvalue weighted by molar-refractivity contribution is 0.0738. The van der Waals surface area contributed by atoms with Gasteiger partial charge in [-0.05, 0) is 43.0 Å². The van der Waals surface area contributed by atoms with Crippen molar-refractivity contribution in [2.24, 2.45) is 0 Å². The van der Waals surface area contributed by atoms with Gasteiger partial charge in [-0.3, -0.25) is 14.7 Å². The van der Waals surface area contributed by atoms with Crippen LogP contribution in [0.1, 0.15) is 43.3 Å². The van der Waals surface area contributed by atoms with Gasteiger partial charge in [-0.15, -0.1) is 0 Å². The molecule has 6 nitrogen and oxygen atoms in total. The maximum Gasteiger partial charge on any atom is 0.277 e. The van der Waals surface area contributed by atoms with Crippen LogP contribution in [-0.4, -0.2) is 32.1 Å². The van der Waals surface area contributed by atoms with Gasteiger partial charge in [0.15, 0.2) is 0 Å². The second-order valence-corrected chi connectivity index (χ2v) is 9.67. The summed E-state index contributed by atoms with van der Waals surface area (Å²) in [6.07, 6.45) is 1.27. The number of carbonyl (C=O) groups excluding carboxylic acids is 1. The Hall–Kier alpha value is -3.16. The quantitative estimate of drug-likeness (QED) is 0.463. The summed E-state index contributed by atoms with van der Waals surface area (Å²) < 4.78 is 1.43. The van der Waals surface area contributed by atoms with Crippen LogP contribution in [0.25, 0.3) is 5.13 Å². The van der Waals surface area contributed by atoms with E-state index in [1.807, 2.05) is 55.1 Å². The van der Waals surface area contributed by atoms with Gasteiger partial charge in [-0.1, -0.05) is 65.4 Å². The Morgan fingerprint density at radius 2 is 1.85 bits per heavy atom. The highest BCUT2D eigenvalue weighted by Crippen LogP contribution is 2.26. The molecule has 168 valence electrons. The number of halogens is 1. The summed E-state index contributed by atoms with van der Waals surface area (Å²) in [4.78, 5) is 33.5. The van der Waals surface area contributed by atoms with Crippen LogP contribution in [0, 0.1) is 13.8 Å². The first-order chi connectivity index (χ1) is 15.9. The minimum Gasteiger partial charge on any atom is -0.333 e. The van der Waals surface area contributed by atoms with Crippen molar-refractivity contribution >= 4 is 28.8 Å². The summed E-state index contributed by atoms with van der Waals surface area (Å²) in [7, 11) is 0. The molecule has 2 aromatic carbocycles. The van der Waals surface area contributed by atoms with Crippen molar-refractivity contribution in [1.82, 2.24) is 19.7 Å². The fraction of sp³-hybridized carbons (Fsp3) is 0.240. The van der Waals surface area contributed by atoms with Gasteiger partial charge in [-0.2, -0.15) is 4.68 Å². The average Bonchev–Trinajstić information content (AvgIpc) is 3.34. The molecule has 2 aromatic heterocycles. The third-order valence-corrected chi connectivity index (χ3v) is 7.61. The average molecular weight is 479 g/mol. The number of aryl methyl sites for hydroxylation is 2. The van der Waals surface area contributed by atoms with E-state index in [0.29, 0.717) is 45.8 Å². The zero-order valence-electron chi connectivity index (χ0n) is 18.4. The minimum atomic E-state index is -0.174. The van der Waals surface area contributed by atoms with Crippen molar-refractivity contribution in [2.45, 2.75) is 33.2 Å². The van der Waals surface area contributed by atoms with Crippen molar-refractivity contribution in [2.75, 3.05) is 6.54 Å². The van der Waals surface area contributed by atoms with Gasteiger partial charge in [0.25, 0.3) is 11.5 Å². The van der Waals surface area contributed by atoms with Gasteiger partial charge < -0.3 is 4.90 Å². The molecule has 1 aliphatic heterocycles. The van der Waals surface area contributed by atoms with Crippen LogP contribution in [0.3, 0.4) is 0 Å². The molecule has 3 heterocycles. The number of aromatic nitrogens is 3. The zero-order valence-corrected chi connectivity index (χ0v) is 20.0. The molecule has 5 rings (SSSR count). The number of thiazole rings is 1. The van der Waals surface area contributed by atoms with E-state index in [9.17, 15) is 9.59 Å². The number of carbonyl (C=O) groups is 1. The Morgan fingerprint density at radius 1 is 1.12 bits per heavy atom. The SMILES string of the molecule is Cc1nc(-n2[nH]c(C)c(Cc3ccccc3Cl)c2=O)sc1C(=O)N1CCc2ccccc2C1. The van der Waals surface area contributed by atoms with Crippen LogP contribution >= 0.6 is 22.9 Å². The molecule has 0 bridgehead atoms. The Balaban J connectivity index is 1.43. The molecular weight excluding hydrogens is 456 g/mol. The topological polar surface area (TPSA) is 71.0 Å². The number of fused-ring (bicyclic) bond motifs is 1. The number of aromatic amines is 1. The van der Waals surface area contributed by atoms with Crippen LogP contribution in [0.2, 0.25) is 5.02 Å². The highest BCUT2D eigenvalue weighted by atomic mass is 35.5. The normalized spacial score (nSPS) is 13.2. The van der Waals surface area contributed by atoms with Crippen molar-refractivity contribution < 1.29 is 4.79 Å². The zero-order chi connectivity index (χ0) is 23.1. The number of H-pyrrole nitrogens is 1. The maximum atomic E-state index is 13.3. The molecule has 33 heavy (non-hydrogen) atoms. The molecule has 0 unspecified atom stereocenters. The number of rotatable bonds is 4. The first-order valence-corrected chi connectivity index (χ1v) is 12.0. The van der Waals surface area contributed by atoms with Gasteiger partial charge in [0.05, 0.1) is 5.69 Å². The number of nitrogens with one attached hydrogen (secondary N) is 1. The summed E-state index contributed by atoms with van der Waals surface area (Å²) in [6, 6.07) is 15.7. The van der Waals surface area contributed by atoms with Crippen LogP contribution in [-0.2, 0) is 19.4 Å². The fourth-order valence-electron chi connectivity index (χ4n) is 4.25. The predicted octanol–water partition coefficient (Wildman–Crippen LogP) is 4.68. The molecule has 1 N–H and O–H groups in total. The number of hydrogen-bond acceptors (Lipinski definition) is 4. The molecular formula is C25H23ClN4O2S. The number of hydrogen-bond donors (Lipinski definition) is 1. The molecule has 0 saturated heterocycles. The van der Waals surface area contributed by atoms with E-state index in [1.54, 1.807) is 0 Å². The van der Waals surface area contributed by atoms with Gasteiger partial charge in [0, 0.05) is 35.8 Å². The summed E-state index contributed by atoms with van der Waals surface area (Å²) in [5, 5.41) is 4.22. The summed E-state index contributed by atoms with van der Waals surface area (Å²) in [6.45, 7) is 4.94. The summed E-state index contributed by atoms with van der Waals surface area (Å²) >= 11 is 7.54. The Kier molecular flexibility index (Phi) is 5.68. The van der Waals surface area contributed by atoms with E-state index >= 15 is 0 Å². The standard InChI is InChI=1S/C25H23ClN4O2S/c1-15-20(13-18-8-5-6-10-21(18)26)23(31)30(28-15)25-27-16(2)22(33-25)24(32)29-12-11-17-7-3-4-9-19(17)14-29/h3-10,28H,11-14H2,1-2H3. The van der Waals surface area contributed by atoms with Gasteiger partial charge in [0.1, 0.15) is 4.88 Å². The molecule has 0 fully saturated rings. The number of benzene rings is 2. The van der Waals surface area contributed by atoms with E-state index in [-0.39, 0.29) is 11.5 Å². The van der Waals surface area contributed by atoms with Gasteiger partial charge in [0.2, 0.25) is 5.13 Å². The Labute approximate surface area is 200 Å². The molecule has 4 aromatic rings. The second kappa shape index (κ2) is 8.65. The Morgan fingerprint density at radius 3 is 2.64 bits per heavy atom. The van der Waals surface area contributed by atoms with E-state index in [2.05, 4.69) is 22.2 Å². The molecule has 0 spiro atoms. The van der Waals surface area contributed by atoms with Crippen LogP contribution in [0.5, 0.6) is 0 Å². The lowest BCUT2D eigenvalue weighted by atomic mass is 10.00.